The molecule has 2 aromatic rings. The second-order valence-corrected chi connectivity index (χ2v) is 4.26. The summed E-state index contributed by atoms with van der Waals surface area (Å²) in [4.78, 5) is 0. The summed E-state index contributed by atoms with van der Waals surface area (Å²) in [6, 6.07) is 18.2. The second-order valence-electron chi connectivity index (χ2n) is 4.26. The largest absolute Gasteiger partial charge is 0.399 e. The highest BCUT2D eigenvalue weighted by molar-refractivity contribution is 5.39. The van der Waals surface area contributed by atoms with Crippen LogP contribution in [0.1, 0.15) is 24.0 Å². The van der Waals surface area contributed by atoms with Crippen molar-refractivity contribution in [3.05, 3.63) is 65.7 Å². The third-order valence-electron chi connectivity index (χ3n) is 2.75. The molecule has 0 heterocycles. The molecule has 18 heavy (non-hydrogen) atoms. The Balaban J connectivity index is 1.77. The summed E-state index contributed by atoms with van der Waals surface area (Å²) in [5.41, 5.74) is 8.88. The Morgan fingerprint density at radius 2 is 1.61 bits per heavy atom. The third kappa shape index (κ3) is 3.99. The van der Waals surface area contributed by atoms with Gasteiger partial charge in [-0.25, -0.2) is 0 Å². The van der Waals surface area contributed by atoms with Crippen LogP contribution in [0.4, 0.5) is 5.69 Å². The van der Waals surface area contributed by atoms with E-state index in [0.717, 1.165) is 30.5 Å². The van der Waals surface area contributed by atoms with Crippen molar-refractivity contribution in [1.29, 1.82) is 0 Å². The lowest BCUT2D eigenvalue weighted by atomic mass is 10.1. The molecule has 0 saturated carbocycles. The third-order valence-corrected chi connectivity index (χ3v) is 2.75. The topological polar surface area (TPSA) is 26.0 Å². The minimum absolute atomic E-state index is 0.822. The lowest BCUT2D eigenvalue weighted by molar-refractivity contribution is 0.858. The van der Waals surface area contributed by atoms with Gasteiger partial charge in [-0.15, -0.1) is 0 Å². The molecule has 0 unspecified atom stereocenters. The standard InChI is InChI=1S/C17H17N/c18-17-13-11-16(12-14-17)10-6-2-5-9-15-7-3-1-4-8-15/h1,3-4,7-8,11-14H,2,6,10,18H2. The maximum atomic E-state index is 5.65. The first-order chi connectivity index (χ1) is 8.84. The van der Waals surface area contributed by atoms with Crippen molar-refractivity contribution in [2.75, 3.05) is 5.73 Å². The average Bonchev–Trinajstić information content (AvgIpc) is 2.42. The summed E-state index contributed by atoms with van der Waals surface area (Å²) >= 11 is 0. The Hall–Kier alpha value is -2.20. The molecule has 1 nitrogen and oxygen atoms in total. The number of nitrogens with two attached hydrogens (primary N) is 1. The molecule has 2 aromatic carbocycles. The van der Waals surface area contributed by atoms with Crippen LogP contribution in [0.3, 0.4) is 0 Å². The Bertz CT molecular complexity index is 529. The van der Waals surface area contributed by atoms with E-state index in [1.165, 1.54) is 5.56 Å². The van der Waals surface area contributed by atoms with E-state index in [-0.39, 0.29) is 0 Å². The van der Waals surface area contributed by atoms with Crippen molar-refractivity contribution in [3.8, 4) is 11.8 Å². The number of rotatable bonds is 3. The van der Waals surface area contributed by atoms with Crippen molar-refractivity contribution >= 4 is 5.69 Å². The molecule has 2 rings (SSSR count). The van der Waals surface area contributed by atoms with E-state index >= 15 is 0 Å². The molecular formula is C17H17N. The molecule has 0 spiro atoms. The minimum atomic E-state index is 0.822. The highest BCUT2D eigenvalue weighted by atomic mass is 14.5. The zero-order valence-electron chi connectivity index (χ0n) is 10.4. The first kappa shape index (κ1) is 12.3. The number of nitrogen functional groups attached to an aromatic ring is 1. The fourth-order valence-corrected chi connectivity index (χ4v) is 1.75. The van der Waals surface area contributed by atoms with Gasteiger partial charge in [0, 0.05) is 17.7 Å². The highest BCUT2D eigenvalue weighted by Gasteiger charge is 1.91. The zero-order valence-corrected chi connectivity index (χ0v) is 10.4. The maximum Gasteiger partial charge on any atom is 0.0314 e. The smallest absolute Gasteiger partial charge is 0.0314 e. The van der Waals surface area contributed by atoms with Gasteiger partial charge in [0.2, 0.25) is 0 Å². The molecule has 0 aliphatic rings. The van der Waals surface area contributed by atoms with E-state index in [4.69, 9.17) is 5.73 Å². The van der Waals surface area contributed by atoms with Gasteiger partial charge in [0.25, 0.3) is 0 Å². The predicted octanol–water partition coefficient (Wildman–Crippen LogP) is 3.64. The van der Waals surface area contributed by atoms with E-state index in [1.54, 1.807) is 0 Å². The molecule has 1 heteroatoms. The molecule has 0 aliphatic carbocycles. The van der Waals surface area contributed by atoms with E-state index in [1.807, 2.05) is 42.5 Å². The summed E-state index contributed by atoms with van der Waals surface area (Å²) in [5, 5.41) is 0. The van der Waals surface area contributed by atoms with Crippen LogP contribution in [0, 0.1) is 11.8 Å². The van der Waals surface area contributed by atoms with Crippen LogP contribution in [-0.2, 0) is 6.42 Å². The Kier molecular flexibility index (Phi) is 4.44. The lowest BCUT2D eigenvalue weighted by Gasteiger charge is -1.99. The fourth-order valence-electron chi connectivity index (χ4n) is 1.75. The van der Waals surface area contributed by atoms with Crippen LogP contribution in [0.25, 0.3) is 0 Å². The Morgan fingerprint density at radius 3 is 2.33 bits per heavy atom. The van der Waals surface area contributed by atoms with Gasteiger partial charge in [-0.3, -0.25) is 0 Å². The summed E-state index contributed by atoms with van der Waals surface area (Å²) < 4.78 is 0. The molecule has 90 valence electrons. The van der Waals surface area contributed by atoms with Crippen LogP contribution in [-0.4, -0.2) is 0 Å². The van der Waals surface area contributed by atoms with Crippen molar-refractivity contribution in [2.45, 2.75) is 19.3 Å². The quantitative estimate of drug-likeness (QED) is 0.490. The minimum Gasteiger partial charge on any atom is -0.399 e. The summed E-state index contributed by atoms with van der Waals surface area (Å²) in [5.74, 6) is 6.38. The maximum absolute atomic E-state index is 5.65. The number of aryl methyl sites for hydroxylation is 1. The van der Waals surface area contributed by atoms with Gasteiger partial charge in [0.1, 0.15) is 0 Å². The van der Waals surface area contributed by atoms with Gasteiger partial charge >= 0.3 is 0 Å². The second kappa shape index (κ2) is 6.51. The van der Waals surface area contributed by atoms with Gasteiger partial charge in [-0.05, 0) is 42.7 Å². The van der Waals surface area contributed by atoms with Gasteiger partial charge in [-0.1, -0.05) is 42.2 Å². The SMILES string of the molecule is Nc1ccc(CCCC#Cc2ccccc2)cc1. The molecule has 0 radical (unpaired) electrons. The Morgan fingerprint density at radius 1 is 0.889 bits per heavy atom. The van der Waals surface area contributed by atoms with Crippen LogP contribution < -0.4 is 5.73 Å². The first-order valence-electron chi connectivity index (χ1n) is 6.23. The molecule has 0 aromatic heterocycles. The number of unbranched alkanes of at least 4 members (excludes halogenated alkanes) is 1. The van der Waals surface area contributed by atoms with Gasteiger partial charge in [0.15, 0.2) is 0 Å². The molecule has 0 bridgehead atoms. The van der Waals surface area contributed by atoms with Crippen molar-refractivity contribution < 1.29 is 0 Å². The zero-order chi connectivity index (χ0) is 12.6. The summed E-state index contributed by atoms with van der Waals surface area (Å²) in [6.45, 7) is 0. The van der Waals surface area contributed by atoms with E-state index in [9.17, 15) is 0 Å². The van der Waals surface area contributed by atoms with Crippen molar-refractivity contribution in [1.82, 2.24) is 0 Å². The Labute approximate surface area is 109 Å². The molecule has 0 aliphatic heterocycles. The molecular weight excluding hydrogens is 218 g/mol. The molecule has 2 N–H and O–H groups in total. The lowest BCUT2D eigenvalue weighted by Crippen LogP contribution is -1.87. The number of hydrogen-bond acceptors (Lipinski definition) is 1. The normalized spacial score (nSPS) is 9.56. The monoisotopic (exact) mass is 235 g/mol. The number of anilines is 1. The van der Waals surface area contributed by atoms with E-state index in [0.29, 0.717) is 0 Å². The summed E-state index contributed by atoms with van der Waals surface area (Å²) in [6.07, 6.45) is 3.08. The molecule has 0 atom stereocenters. The predicted molar refractivity (Wildman–Crippen MR) is 77.1 cm³/mol. The van der Waals surface area contributed by atoms with Gasteiger partial charge in [-0.2, -0.15) is 0 Å². The van der Waals surface area contributed by atoms with Gasteiger partial charge < -0.3 is 5.73 Å². The van der Waals surface area contributed by atoms with E-state index in [2.05, 4.69) is 24.0 Å². The summed E-state index contributed by atoms with van der Waals surface area (Å²) in [7, 11) is 0. The van der Waals surface area contributed by atoms with Crippen LogP contribution in [0.5, 0.6) is 0 Å². The first-order valence-corrected chi connectivity index (χ1v) is 6.23. The molecule has 0 fully saturated rings. The van der Waals surface area contributed by atoms with Gasteiger partial charge in [0.05, 0.1) is 0 Å². The number of hydrogen-bond donors (Lipinski definition) is 1. The van der Waals surface area contributed by atoms with Crippen LogP contribution >= 0.6 is 0 Å². The highest BCUT2D eigenvalue weighted by Crippen LogP contribution is 2.08. The van der Waals surface area contributed by atoms with Crippen molar-refractivity contribution in [3.63, 3.8) is 0 Å². The van der Waals surface area contributed by atoms with Crippen molar-refractivity contribution in [2.24, 2.45) is 0 Å². The van der Waals surface area contributed by atoms with E-state index < -0.39 is 0 Å². The van der Waals surface area contributed by atoms with Crippen LogP contribution in [0.15, 0.2) is 54.6 Å². The molecule has 0 amide bonds. The number of benzene rings is 2. The van der Waals surface area contributed by atoms with Crippen LogP contribution in [0.2, 0.25) is 0 Å². The fraction of sp³-hybridized carbons (Fsp3) is 0.176. The average molecular weight is 235 g/mol. The molecule has 0 saturated heterocycles.